The zero-order valence-electron chi connectivity index (χ0n) is 11.6. The third-order valence-corrected chi connectivity index (χ3v) is 4.35. The summed E-state index contributed by atoms with van der Waals surface area (Å²) in [5, 5.41) is 0. The Balaban J connectivity index is 1.95. The van der Waals surface area contributed by atoms with E-state index in [4.69, 9.17) is 0 Å². The molecule has 2 N–H and O–H groups in total. The van der Waals surface area contributed by atoms with E-state index in [1.54, 1.807) is 0 Å². The number of aromatic amines is 2. The molecular weight excluding hydrogens is 379 g/mol. The van der Waals surface area contributed by atoms with Gasteiger partial charge >= 0.3 is 0 Å². The minimum atomic E-state index is -0.0693. The number of benzene rings is 1. The summed E-state index contributed by atoms with van der Waals surface area (Å²) in [6.45, 7) is 2.08. The summed E-state index contributed by atoms with van der Waals surface area (Å²) >= 11 is 2.06. The van der Waals surface area contributed by atoms with Gasteiger partial charge in [-0.05, 0) is 41.1 Å². The van der Waals surface area contributed by atoms with Crippen LogP contribution in [0.5, 0.6) is 0 Å². The van der Waals surface area contributed by atoms with E-state index in [0.717, 1.165) is 35.4 Å². The smallest absolute Gasteiger partial charge is 0.264 e. The number of halogens is 1. The van der Waals surface area contributed by atoms with Crippen molar-refractivity contribution in [2.45, 2.75) is 26.2 Å². The fourth-order valence-electron chi connectivity index (χ4n) is 2.29. The van der Waals surface area contributed by atoms with Gasteiger partial charge in [-0.3, -0.25) is 4.79 Å². The van der Waals surface area contributed by atoms with Crippen LogP contribution in [0.25, 0.3) is 11.0 Å². The standard InChI is InChI=1S/C15H15IN4O/c1-2-5-11-14(16)15(21)20-13(19-11)8-12-17-9-6-3-4-7-10(9)18-12/h3-4,6-7H,2,5,8H2,1H3,(H,17,18)(H,19,20,21). The first-order valence-corrected chi connectivity index (χ1v) is 7.96. The maximum atomic E-state index is 12.0. The topological polar surface area (TPSA) is 74.4 Å². The second-order valence-corrected chi connectivity index (χ2v) is 5.98. The van der Waals surface area contributed by atoms with Crippen LogP contribution in [0.1, 0.15) is 30.7 Å². The highest BCUT2D eigenvalue weighted by atomic mass is 127. The van der Waals surface area contributed by atoms with E-state index in [0.29, 0.717) is 15.8 Å². The van der Waals surface area contributed by atoms with Crippen molar-refractivity contribution in [2.24, 2.45) is 0 Å². The molecule has 0 aliphatic carbocycles. The van der Waals surface area contributed by atoms with Crippen LogP contribution < -0.4 is 5.56 Å². The molecule has 2 aromatic heterocycles. The summed E-state index contributed by atoms with van der Waals surface area (Å²) in [7, 11) is 0. The lowest BCUT2D eigenvalue weighted by atomic mass is 10.2. The molecule has 108 valence electrons. The average molecular weight is 394 g/mol. The van der Waals surface area contributed by atoms with Gasteiger partial charge in [0, 0.05) is 0 Å². The van der Waals surface area contributed by atoms with Crippen molar-refractivity contribution in [1.29, 1.82) is 0 Å². The van der Waals surface area contributed by atoms with Crippen LogP contribution in [0.2, 0.25) is 0 Å². The van der Waals surface area contributed by atoms with Crippen molar-refractivity contribution in [2.75, 3.05) is 0 Å². The Labute approximate surface area is 135 Å². The molecule has 0 saturated heterocycles. The van der Waals surface area contributed by atoms with Gasteiger partial charge in [0.15, 0.2) is 0 Å². The van der Waals surface area contributed by atoms with Crippen molar-refractivity contribution in [3.8, 4) is 0 Å². The SMILES string of the molecule is CCCc1nc(Cc2nc3ccccc3[nH]2)[nH]c(=O)c1I. The van der Waals surface area contributed by atoms with Gasteiger partial charge < -0.3 is 9.97 Å². The van der Waals surface area contributed by atoms with Crippen LogP contribution in [0.15, 0.2) is 29.1 Å². The summed E-state index contributed by atoms with van der Waals surface area (Å²) in [6, 6.07) is 7.87. The fourth-order valence-corrected chi connectivity index (χ4v) is 2.82. The van der Waals surface area contributed by atoms with E-state index in [1.165, 1.54) is 0 Å². The van der Waals surface area contributed by atoms with Crippen LogP contribution in [-0.4, -0.2) is 19.9 Å². The predicted octanol–water partition coefficient (Wildman–Crippen LogP) is 2.79. The minimum absolute atomic E-state index is 0.0693. The first-order valence-electron chi connectivity index (χ1n) is 6.88. The van der Waals surface area contributed by atoms with Crippen molar-refractivity contribution < 1.29 is 0 Å². The van der Waals surface area contributed by atoms with E-state index < -0.39 is 0 Å². The molecule has 3 aromatic rings. The Morgan fingerprint density at radius 3 is 2.67 bits per heavy atom. The lowest BCUT2D eigenvalue weighted by Crippen LogP contribution is -2.18. The van der Waals surface area contributed by atoms with Gasteiger partial charge in [0.1, 0.15) is 11.6 Å². The van der Waals surface area contributed by atoms with E-state index in [2.05, 4.69) is 49.5 Å². The first-order chi connectivity index (χ1) is 10.2. The number of para-hydroxylation sites is 2. The molecule has 0 unspecified atom stereocenters. The Morgan fingerprint density at radius 1 is 1.14 bits per heavy atom. The predicted molar refractivity (Wildman–Crippen MR) is 90.5 cm³/mol. The molecule has 5 nitrogen and oxygen atoms in total. The first kappa shape index (κ1) is 14.2. The Bertz CT molecular complexity index is 804. The molecule has 0 aliphatic heterocycles. The number of aryl methyl sites for hydroxylation is 1. The zero-order chi connectivity index (χ0) is 14.8. The largest absolute Gasteiger partial charge is 0.342 e. The van der Waals surface area contributed by atoms with E-state index in [1.807, 2.05) is 24.3 Å². The monoisotopic (exact) mass is 394 g/mol. The Hall–Kier alpha value is -1.70. The molecule has 0 fully saturated rings. The maximum Gasteiger partial charge on any atom is 0.264 e. The molecule has 6 heteroatoms. The summed E-state index contributed by atoms with van der Waals surface area (Å²) < 4.78 is 0.683. The van der Waals surface area contributed by atoms with E-state index in [9.17, 15) is 4.79 Å². The quantitative estimate of drug-likeness (QED) is 0.669. The molecule has 21 heavy (non-hydrogen) atoms. The molecule has 0 radical (unpaired) electrons. The molecule has 0 bridgehead atoms. The number of imidazole rings is 1. The molecule has 2 heterocycles. The Kier molecular flexibility index (Phi) is 4.05. The van der Waals surface area contributed by atoms with E-state index in [-0.39, 0.29) is 5.56 Å². The third kappa shape index (κ3) is 2.99. The number of hydrogen-bond donors (Lipinski definition) is 2. The molecule has 0 aliphatic rings. The second-order valence-electron chi connectivity index (χ2n) is 4.90. The third-order valence-electron chi connectivity index (χ3n) is 3.24. The molecule has 0 atom stereocenters. The van der Waals surface area contributed by atoms with Gasteiger partial charge in [-0.25, -0.2) is 9.97 Å². The maximum absolute atomic E-state index is 12.0. The number of fused-ring (bicyclic) bond motifs is 1. The number of rotatable bonds is 4. The molecule has 1 aromatic carbocycles. The number of aromatic nitrogens is 4. The van der Waals surface area contributed by atoms with E-state index >= 15 is 0 Å². The van der Waals surface area contributed by atoms with Crippen molar-refractivity contribution >= 4 is 33.6 Å². The summed E-state index contributed by atoms with van der Waals surface area (Å²) in [4.78, 5) is 27.1. The van der Waals surface area contributed by atoms with Crippen molar-refractivity contribution in [1.82, 2.24) is 19.9 Å². The normalized spacial score (nSPS) is 11.1. The summed E-state index contributed by atoms with van der Waals surface area (Å²) in [5.74, 6) is 1.46. The van der Waals surface area contributed by atoms with Crippen LogP contribution in [0.3, 0.4) is 0 Å². The van der Waals surface area contributed by atoms with Crippen LogP contribution in [0, 0.1) is 3.57 Å². The highest BCUT2D eigenvalue weighted by molar-refractivity contribution is 14.1. The van der Waals surface area contributed by atoms with Crippen LogP contribution >= 0.6 is 22.6 Å². The van der Waals surface area contributed by atoms with Gasteiger partial charge in [-0.2, -0.15) is 0 Å². The van der Waals surface area contributed by atoms with Gasteiger partial charge in [-0.1, -0.05) is 25.5 Å². The minimum Gasteiger partial charge on any atom is -0.342 e. The zero-order valence-corrected chi connectivity index (χ0v) is 13.8. The lowest BCUT2D eigenvalue weighted by Gasteiger charge is -2.04. The van der Waals surface area contributed by atoms with Gasteiger partial charge in [-0.15, -0.1) is 0 Å². The Morgan fingerprint density at radius 2 is 1.90 bits per heavy atom. The van der Waals surface area contributed by atoms with Gasteiger partial charge in [0.2, 0.25) is 0 Å². The van der Waals surface area contributed by atoms with Crippen molar-refractivity contribution in [3.05, 3.63) is 55.5 Å². The molecular formula is C15H15IN4O. The number of H-pyrrole nitrogens is 2. The molecule has 0 spiro atoms. The van der Waals surface area contributed by atoms with Crippen LogP contribution in [0.4, 0.5) is 0 Å². The average Bonchev–Trinajstić information content (AvgIpc) is 2.86. The highest BCUT2D eigenvalue weighted by Gasteiger charge is 2.10. The van der Waals surface area contributed by atoms with Crippen molar-refractivity contribution in [3.63, 3.8) is 0 Å². The summed E-state index contributed by atoms with van der Waals surface area (Å²) in [5.41, 5.74) is 2.72. The molecule has 0 amide bonds. The number of nitrogens with one attached hydrogen (secondary N) is 2. The van der Waals surface area contributed by atoms with Gasteiger partial charge in [0.25, 0.3) is 5.56 Å². The highest BCUT2D eigenvalue weighted by Crippen LogP contribution is 2.13. The number of nitrogens with zero attached hydrogens (tertiary/aromatic N) is 2. The number of hydrogen-bond acceptors (Lipinski definition) is 3. The van der Waals surface area contributed by atoms with Crippen LogP contribution in [-0.2, 0) is 12.8 Å². The molecule has 0 saturated carbocycles. The summed E-state index contributed by atoms with van der Waals surface area (Å²) in [6.07, 6.45) is 2.28. The molecule has 3 rings (SSSR count). The fraction of sp³-hybridized carbons (Fsp3) is 0.267. The lowest BCUT2D eigenvalue weighted by molar-refractivity contribution is 0.812. The second kappa shape index (κ2) is 5.97. The van der Waals surface area contributed by atoms with Gasteiger partial charge in [0.05, 0.1) is 26.7 Å².